The third-order valence-corrected chi connectivity index (χ3v) is 7.09. The molecule has 1 aromatic heterocycles. The Morgan fingerprint density at radius 2 is 1.94 bits per heavy atom. The summed E-state index contributed by atoms with van der Waals surface area (Å²) in [5, 5.41) is 5.75. The van der Waals surface area contributed by atoms with Crippen LogP contribution < -0.4 is 0 Å². The van der Waals surface area contributed by atoms with Crippen LogP contribution in [0.4, 0.5) is 13.2 Å². The van der Waals surface area contributed by atoms with Gasteiger partial charge in [0.15, 0.2) is 5.17 Å². The molecule has 6 nitrogen and oxygen atoms in total. The van der Waals surface area contributed by atoms with Crippen LogP contribution in [0, 0.1) is 0 Å². The number of thioether (sulfide) groups is 1. The SMILES string of the molecule is O=C1N=C(N2CCOCC2)S/C1=C\c1ccc2c(cnn2Cc2ccc(Br)cc2C(F)(F)F)c1. The van der Waals surface area contributed by atoms with Gasteiger partial charge in [-0.25, -0.2) is 0 Å². The van der Waals surface area contributed by atoms with Crippen LogP contribution in [0.5, 0.6) is 0 Å². The number of amidine groups is 1. The first-order valence-electron chi connectivity index (χ1n) is 10.4. The molecule has 5 rings (SSSR count). The second-order valence-electron chi connectivity index (χ2n) is 7.83. The number of fused-ring (bicyclic) bond motifs is 1. The molecule has 0 unspecified atom stereocenters. The number of rotatable bonds is 3. The summed E-state index contributed by atoms with van der Waals surface area (Å²) in [4.78, 5) is 19.1. The van der Waals surface area contributed by atoms with E-state index in [1.165, 1.54) is 17.8 Å². The standard InChI is InChI=1S/C23H18BrF3N4O2S/c24-17-3-2-15(18(11-17)23(25,26)27)13-31-19-4-1-14(9-16(19)12-28-31)10-20-21(32)29-22(34-20)30-5-7-33-8-6-30/h1-4,9-12H,5-8,13H2/b20-10-. The highest BCUT2D eigenvalue weighted by molar-refractivity contribution is 9.10. The number of aliphatic imine (C=N–C) groups is 1. The third kappa shape index (κ3) is 4.77. The van der Waals surface area contributed by atoms with Crippen molar-refractivity contribution in [1.29, 1.82) is 0 Å². The van der Waals surface area contributed by atoms with Crippen molar-refractivity contribution in [3.05, 3.63) is 68.7 Å². The van der Waals surface area contributed by atoms with Crippen LogP contribution >= 0.6 is 27.7 Å². The average Bonchev–Trinajstić information content (AvgIpc) is 3.38. The zero-order valence-electron chi connectivity index (χ0n) is 17.7. The Morgan fingerprint density at radius 1 is 1.15 bits per heavy atom. The Kier molecular flexibility index (Phi) is 6.26. The molecule has 1 fully saturated rings. The lowest BCUT2D eigenvalue weighted by molar-refractivity contribution is -0.138. The van der Waals surface area contributed by atoms with Crippen molar-refractivity contribution in [2.75, 3.05) is 26.3 Å². The number of nitrogens with zero attached hydrogens (tertiary/aromatic N) is 4. The summed E-state index contributed by atoms with van der Waals surface area (Å²) in [6, 6.07) is 9.60. The van der Waals surface area contributed by atoms with Gasteiger partial charge >= 0.3 is 6.18 Å². The summed E-state index contributed by atoms with van der Waals surface area (Å²) >= 11 is 4.45. The summed E-state index contributed by atoms with van der Waals surface area (Å²) in [6.07, 6.45) is -1.07. The molecule has 1 amide bonds. The fraction of sp³-hybridized carbons (Fsp3) is 0.261. The highest BCUT2D eigenvalue weighted by Crippen LogP contribution is 2.35. The minimum Gasteiger partial charge on any atom is -0.378 e. The van der Waals surface area contributed by atoms with Crippen molar-refractivity contribution in [2.24, 2.45) is 4.99 Å². The largest absolute Gasteiger partial charge is 0.416 e. The molecule has 11 heteroatoms. The number of morpholine rings is 1. The monoisotopic (exact) mass is 550 g/mol. The summed E-state index contributed by atoms with van der Waals surface area (Å²) in [5.41, 5.74) is 0.933. The molecular formula is C23H18BrF3N4O2S. The van der Waals surface area contributed by atoms with Gasteiger partial charge in [0.05, 0.1) is 41.9 Å². The van der Waals surface area contributed by atoms with Gasteiger partial charge in [-0.3, -0.25) is 9.48 Å². The van der Waals surface area contributed by atoms with E-state index in [2.05, 4.69) is 26.0 Å². The molecule has 0 spiro atoms. The van der Waals surface area contributed by atoms with E-state index in [0.717, 1.165) is 17.0 Å². The van der Waals surface area contributed by atoms with Crippen LogP contribution in [0.2, 0.25) is 0 Å². The van der Waals surface area contributed by atoms with Crippen LogP contribution in [0.1, 0.15) is 16.7 Å². The molecule has 34 heavy (non-hydrogen) atoms. The number of halogens is 4. The van der Waals surface area contributed by atoms with Gasteiger partial charge in [0, 0.05) is 22.9 Å². The second-order valence-corrected chi connectivity index (χ2v) is 9.75. The van der Waals surface area contributed by atoms with Crippen LogP contribution in [-0.4, -0.2) is 52.1 Å². The van der Waals surface area contributed by atoms with Gasteiger partial charge in [0.25, 0.3) is 5.91 Å². The number of benzene rings is 2. The highest BCUT2D eigenvalue weighted by Gasteiger charge is 2.33. The first kappa shape index (κ1) is 23.1. The fourth-order valence-electron chi connectivity index (χ4n) is 3.87. The Labute approximate surface area is 205 Å². The van der Waals surface area contributed by atoms with E-state index in [9.17, 15) is 18.0 Å². The number of ether oxygens (including phenoxy) is 1. The Morgan fingerprint density at radius 3 is 2.71 bits per heavy atom. The summed E-state index contributed by atoms with van der Waals surface area (Å²) in [6.45, 7) is 2.60. The van der Waals surface area contributed by atoms with Crippen LogP contribution in [-0.2, 0) is 22.3 Å². The van der Waals surface area contributed by atoms with Crippen molar-refractivity contribution in [1.82, 2.24) is 14.7 Å². The van der Waals surface area contributed by atoms with Crippen molar-refractivity contribution < 1.29 is 22.7 Å². The number of carbonyl (C=O) groups excluding carboxylic acids is 1. The molecule has 0 aliphatic carbocycles. The molecule has 1 saturated heterocycles. The van der Waals surface area contributed by atoms with Crippen LogP contribution in [0.25, 0.3) is 17.0 Å². The third-order valence-electron chi connectivity index (χ3n) is 5.55. The maximum Gasteiger partial charge on any atom is 0.416 e. The number of hydrogen-bond acceptors (Lipinski definition) is 5. The molecule has 0 atom stereocenters. The molecule has 2 aliphatic rings. The van der Waals surface area contributed by atoms with Gasteiger partial charge in [0.2, 0.25) is 0 Å². The molecule has 0 radical (unpaired) electrons. The van der Waals surface area contributed by atoms with Crippen molar-refractivity contribution >= 4 is 55.7 Å². The topological polar surface area (TPSA) is 59.7 Å². The molecule has 3 aromatic rings. The summed E-state index contributed by atoms with van der Waals surface area (Å²) in [5.74, 6) is -0.280. The average molecular weight is 551 g/mol. The number of alkyl halides is 3. The van der Waals surface area contributed by atoms with Gasteiger partial charge in [-0.2, -0.15) is 23.3 Å². The maximum atomic E-state index is 13.5. The normalized spacial score (nSPS) is 18.2. The number of hydrogen-bond donors (Lipinski definition) is 0. The van der Waals surface area contributed by atoms with E-state index >= 15 is 0 Å². The summed E-state index contributed by atoms with van der Waals surface area (Å²) < 4.78 is 47.7. The molecular weight excluding hydrogens is 533 g/mol. The second kappa shape index (κ2) is 9.20. The van der Waals surface area contributed by atoms with Gasteiger partial charge in [-0.1, -0.05) is 28.1 Å². The minimum atomic E-state index is -4.46. The van der Waals surface area contributed by atoms with E-state index in [1.54, 1.807) is 29.1 Å². The van der Waals surface area contributed by atoms with Gasteiger partial charge in [-0.15, -0.1) is 0 Å². The molecule has 0 bridgehead atoms. The predicted molar refractivity (Wildman–Crippen MR) is 128 cm³/mol. The Balaban J connectivity index is 1.37. The van der Waals surface area contributed by atoms with Crippen molar-refractivity contribution in [2.45, 2.75) is 12.7 Å². The van der Waals surface area contributed by atoms with Crippen molar-refractivity contribution in [3.63, 3.8) is 0 Å². The first-order chi connectivity index (χ1) is 16.3. The molecule has 0 saturated carbocycles. The van der Waals surface area contributed by atoms with E-state index in [-0.39, 0.29) is 18.0 Å². The van der Waals surface area contributed by atoms with E-state index in [1.807, 2.05) is 17.0 Å². The number of aromatic nitrogens is 2. The number of amides is 1. The van der Waals surface area contributed by atoms with E-state index in [0.29, 0.717) is 46.4 Å². The molecule has 176 valence electrons. The first-order valence-corrected chi connectivity index (χ1v) is 12.1. The summed E-state index contributed by atoms with van der Waals surface area (Å²) in [7, 11) is 0. The van der Waals surface area contributed by atoms with E-state index in [4.69, 9.17) is 4.74 Å². The lowest BCUT2D eigenvalue weighted by atomic mass is 10.1. The molecule has 2 aliphatic heterocycles. The predicted octanol–water partition coefficient (Wildman–Crippen LogP) is 5.17. The minimum absolute atomic E-state index is 0.0167. The lowest BCUT2D eigenvalue weighted by Gasteiger charge is -2.27. The van der Waals surface area contributed by atoms with Gasteiger partial charge in [0.1, 0.15) is 0 Å². The molecule has 0 N–H and O–H groups in total. The van der Waals surface area contributed by atoms with Crippen LogP contribution in [0.3, 0.4) is 0 Å². The Hall–Kier alpha value is -2.63. The molecule has 3 heterocycles. The Bertz CT molecular complexity index is 1330. The highest BCUT2D eigenvalue weighted by atomic mass is 79.9. The zero-order valence-corrected chi connectivity index (χ0v) is 20.1. The van der Waals surface area contributed by atoms with Gasteiger partial charge in [-0.05, 0) is 53.2 Å². The fourth-order valence-corrected chi connectivity index (χ4v) is 5.20. The zero-order chi connectivity index (χ0) is 23.9. The van der Waals surface area contributed by atoms with Crippen molar-refractivity contribution in [3.8, 4) is 0 Å². The van der Waals surface area contributed by atoms with E-state index < -0.39 is 11.7 Å². The molecule has 2 aromatic carbocycles. The quantitative estimate of drug-likeness (QED) is 0.421. The smallest absolute Gasteiger partial charge is 0.378 e. The lowest BCUT2D eigenvalue weighted by Crippen LogP contribution is -2.38. The maximum absolute atomic E-state index is 13.5. The van der Waals surface area contributed by atoms with Gasteiger partial charge < -0.3 is 9.64 Å². The van der Waals surface area contributed by atoms with Crippen LogP contribution in [0.15, 0.2) is 57.0 Å². The number of carbonyl (C=O) groups is 1.